The number of carboxylic acid groups (broad SMARTS) is 1. The van der Waals surface area contributed by atoms with Gasteiger partial charge >= 0.3 is 12.0 Å². The summed E-state index contributed by atoms with van der Waals surface area (Å²) in [6.45, 7) is 3.83. The van der Waals surface area contributed by atoms with Gasteiger partial charge in [-0.1, -0.05) is 0 Å². The predicted octanol–water partition coefficient (Wildman–Crippen LogP) is 1.06. The molecule has 0 aromatic carbocycles. The Morgan fingerprint density at radius 3 is 2.53 bits per heavy atom. The minimum atomic E-state index is -0.753. The molecule has 0 bridgehead atoms. The molecular weight excluding hydrogens is 248 g/mol. The van der Waals surface area contributed by atoms with E-state index in [1.165, 1.54) is 0 Å². The number of hydrogen-bond acceptors (Lipinski definition) is 3. The number of hydrogen-bond donors (Lipinski definition) is 2. The van der Waals surface area contributed by atoms with Crippen molar-refractivity contribution in [1.29, 1.82) is 0 Å². The lowest BCUT2D eigenvalue weighted by atomic mass is 9.92. The van der Waals surface area contributed by atoms with Crippen molar-refractivity contribution in [2.45, 2.75) is 44.7 Å². The van der Waals surface area contributed by atoms with Gasteiger partial charge in [0.05, 0.1) is 5.92 Å². The van der Waals surface area contributed by atoms with Gasteiger partial charge in [-0.3, -0.25) is 4.79 Å². The van der Waals surface area contributed by atoms with Gasteiger partial charge in [0.2, 0.25) is 0 Å². The van der Waals surface area contributed by atoms with Gasteiger partial charge in [0, 0.05) is 31.8 Å². The van der Waals surface area contributed by atoms with Crippen LogP contribution in [-0.2, 0) is 9.53 Å². The van der Waals surface area contributed by atoms with Crippen LogP contribution in [0.3, 0.4) is 0 Å². The molecule has 6 heteroatoms. The van der Waals surface area contributed by atoms with Crippen LogP contribution in [0.2, 0.25) is 0 Å². The third-order valence-electron chi connectivity index (χ3n) is 4.04. The minimum Gasteiger partial charge on any atom is -0.481 e. The Morgan fingerprint density at radius 2 is 1.95 bits per heavy atom. The maximum Gasteiger partial charge on any atom is 0.317 e. The summed E-state index contributed by atoms with van der Waals surface area (Å²) in [6.07, 6.45) is 2.79. The van der Waals surface area contributed by atoms with Crippen LogP contribution in [0.15, 0.2) is 0 Å². The summed E-state index contributed by atoms with van der Waals surface area (Å²) in [7, 11) is 0. The third-order valence-corrected chi connectivity index (χ3v) is 4.04. The number of amides is 2. The van der Waals surface area contributed by atoms with Crippen LogP contribution in [0.1, 0.15) is 32.6 Å². The molecule has 2 amide bonds. The van der Waals surface area contributed by atoms with E-state index in [9.17, 15) is 9.59 Å². The molecule has 6 nitrogen and oxygen atoms in total. The molecule has 2 aliphatic heterocycles. The van der Waals surface area contributed by atoms with Gasteiger partial charge in [0.1, 0.15) is 0 Å². The average molecular weight is 270 g/mol. The van der Waals surface area contributed by atoms with E-state index in [4.69, 9.17) is 9.84 Å². The Labute approximate surface area is 113 Å². The first kappa shape index (κ1) is 14.1. The van der Waals surface area contributed by atoms with Crippen molar-refractivity contribution in [3.8, 4) is 0 Å². The lowest BCUT2D eigenvalue weighted by molar-refractivity contribution is -0.143. The molecule has 0 radical (unpaired) electrons. The number of ether oxygens (including phenoxy) is 1. The zero-order valence-electron chi connectivity index (χ0n) is 11.3. The number of piperidine rings is 1. The van der Waals surface area contributed by atoms with Crippen molar-refractivity contribution >= 4 is 12.0 Å². The van der Waals surface area contributed by atoms with E-state index >= 15 is 0 Å². The third kappa shape index (κ3) is 3.59. The van der Waals surface area contributed by atoms with Crippen LogP contribution in [0.25, 0.3) is 0 Å². The van der Waals surface area contributed by atoms with Gasteiger partial charge in [-0.2, -0.15) is 0 Å². The van der Waals surface area contributed by atoms with Crippen molar-refractivity contribution in [2.75, 3.05) is 19.8 Å². The van der Waals surface area contributed by atoms with Gasteiger partial charge in [-0.05, 0) is 32.6 Å². The van der Waals surface area contributed by atoms with Gasteiger partial charge in [0.25, 0.3) is 0 Å². The molecule has 2 atom stereocenters. The van der Waals surface area contributed by atoms with Gasteiger partial charge < -0.3 is 20.1 Å². The summed E-state index contributed by atoms with van der Waals surface area (Å²) in [5.41, 5.74) is 0. The Bertz CT molecular complexity index is 342. The number of carbonyl (C=O) groups excluding carboxylic acids is 1. The quantitative estimate of drug-likeness (QED) is 0.786. The maximum atomic E-state index is 12.2. The highest BCUT2D eigenvalue weighted by Crippen LogP contribution is 2.23. The zero-order chi connectivity index (χ0) is 13.8. The molecule has 108 valence electrons. The topological polar surface area (TPSA) is 78.9 Å². The fraction of sp³-hybridized carbons (Fsp3) is 0.846. The maximum absolute atomic E-state index is 12.2. The Morgan fingerprint density at radius 1 is 1.26 bits per heavy atom. The number of urea groups is 1. The monoisotopic (exact) mass is 270 g/mol. The molecule has 19 heavy (non-hydrogen) atoms. The second kappa shape index (κ2) is 6.23. The summed E-state index contributed by atoms with van der Waals surface area (Å²) in [4.78, 5) is 24.9. The van der Waals surface area contributed by atoms with Crippen LogP contribution in [-0.4, -0.2) is 53.8 Å². The summed E-state index contributed by atoms with van der Waals surface area (Å²) in [6, 6.07) is 0.101. The van der Waals surface area contributed by atoms with E-state index in [-0.39, 0.29) is 24.0 Å². The van der Waals surface area contributed by atoms with Gasteiger partial charge in [0.15, 0.2) is 0 Å². The smallest absolute Gasteiger partial charge is 0.317 e. The molecule has 0 aromatic rings. The summed E-state index contributed by atoms with van der Waals surface area (Å²) < 4.78 is 5.26. The van der Waals surface area contributed by atoms with Crippen molar-refractivity contribution in [3.63, 3.8) is 0 Å². The molecule has 2 fully saturated rings. The predicted molar refractivity (Wildman–Crippen MR) is 68.9 cm³/mol. The first-order chi connectivity index (χ1) is 9.08. The summed E-state index contributed by atoms with van der Waals surface area (Å²) >= 11 is 0. The summed E-state index contributed by atoms with van der Waals surface area (Å²) in [5, 5.41) is 12.0. The highest BCUT2D eigenvalue weighted by atomic mass is 16.5. The second-order valence-electron chi connectivity index (χ2n) is 5.44. The van der Waals surface area contributed by atoms with E-state index in [0.717, 1.165) is 12.8 Å². The van der Waals surface area contributed by atoms with Gasteiger partial charge in [-0.25, -0.2) is 4.79 Å². The van der Waals surface area contributed by atoms with Crippen LogP contribution in [0, 0.1) is 5.92 Å². The number of rotatable bonds is 2. The van der Waals surface area contributed by atoms with E-state index < -0.39 is 5.97 Å². The number of likely N-dealkylation sites (tertiary alicyclic amines) is 1. The largest absolute Gasteiger partial charge is 0.481 e. The zero-order valence-corrected chi connectivity index (χ0v) is 11.3. The van der Waals surface area contributed by atoms with Crippen LogP contribution in [0.4, 0.5) is 4.79 Å². The Hall–Kier alpha value is -1.30. The molecule has 0 saturated carbocycles. The SMILES string of the molecule is CC1CC(C(=O)O)CCN1C(=O)NC1CCOCC1. The number of carboxylic acids is 1. The molecule has 2 N–H and O–H groups in total. The van der Waals surface area contributed by atoms with Crippen LogP contribution in [0.5, 0.6) is 0 Å². The molecule has 2 unspecified atom stereocenters. The molecule has 0 spiro atoms. The number of aliphatic carboxylic acids is 1. The highest BCUT2D eigenvalue weighted by Gasteiger charge is 2.32. The van der Waals surface area contributed by atoms with Crippen LogP contribution >= 0.6 is 0 Å². The van der Waals surface area contributed by atoms with E-state index in [1.54, 1.807) is 4.90 Å². The van der Waals surface area contributed by atoms with Crippen molar-refractivity contribution in [3.05, 3.63) is 0 Å². The first-order valence-electron chi connectivity index (χ1n) is 6.95. The second-order valence-corrected chi connectivity index (χ2v) is 5.44. The molecule has 2 heterocycles. The number of nitrogens with zero attached hydrogens (tertiary/aromatic N) is 1. The molecule has 2 aliphatic rings. The molecular formula is C13H22N2O4. The Kier molecular flexibility index (Phi) is 4.63. The molecule has 0 aliphatic carbocycles. The first-order valence-corrected chi connectivity index (χ1v) is 6.95. The molecule has 2 rings (SSSR count). The van der Waals surface area contributed by atoms with Crippen molar-refractivity contribution < 1.29 is 19.4 Å². The fourth-order valence-corrected chi connectivity index (χ4v) is 2.80. The lowest BCUT2D eigenvalue weighted by Crippen LogP contribution is -2.53. The minimum absolute atomic E-state index is 0.0188. The standard InChI is InChI=1S/C13H22N2O4/c1-9-8-10(12(16)17)2-5-15(9)13(18)14-11-3-6-19-7-4-11/h9-11H,2-8H2,1H3,(H,14,18)(H,16,17). The van der Waals surface area contributed by atoms with E-state index in [1.807, 2.05) is 6.92 Å². The van der Waals surface area contributed by atoms with Crippen molar-refractivity contribution in [2.24, 2.45) is 5.92 Å². The van der Waals surface area contributed by atoms with Gasteiger partial charge in [-0.15, -0.1) is 0 Å². The molecule has 0 aromatic heterocycles. The fourth-order valence-electron chi connectivity index (χ4n) is 2.80. The number of nitrogens with one attached hydrogen (secondary N) is 1. The Balaban J connectivity index is 1.84. The van der Waals surface area contributed by atoms with E-state index in [0.29, 0.717) is 32.6 Å². The normalized spacial score (nSPS) is 29.0. The average Bonchev–Trinajstić information content (AvgIpc) is 2.39. The van der Waals surface area contributed by atoms with Crippen molar-refractivity contribution in [1.82, 2.24) is 10.2 Å². The highest BCUT2D eigenvalue weighted by molar-refractivity contribution is 5.76. The number of carbonyl (C=O) groups is 2. The lowest BCUT2D eigenvalue weighted by Gasteiger charge is -2.37. The van der Waals surface area contributed by atoms with E-state index in [2.05, 4.69) is 5.32 Å². The summed E-state index contributed by atoms with van der Waals surface area (Å²) in [5.74, 6) is -1.07. The molecule has 2 saturated heterocycles. The van der Waals surface area contributed by atoms with Crippen LogP contribution < -0.4 is 5.32 Å².